The van der Waals surface area contributed by atoms with Crippen LogP contribution in [0.5, 0.6) is 5.75 Å². The summed E-state index contributed by atoms with van der Waals surface area (Å²) in [5, 5.41) is 0.992. The summed E-state index contributed by atoms with van der Waals surface area (Å²) in [5.41, 5.74) is 1.13. The Morgan fingerprint density at radius 3 is 2.82 bits per heavy atom. The number of piperidine rings is 1. The van der Waals surface area contributed by atoms with Gasteiger partial charge in [0.2, 0.25) is 5.13 Å². The van der Waals surface area contributed by atoms with Gasteiger partial charge in [0.05, 0.1) is 26.8 Å². The second kappa shape index (κ2) is 7.24. The SMILES string of the molecule is COc1cc(F)ccc1C1CCN([C@@H]2COC3(C2)CN(c2ncns2)C3)CC1. The predicted octanol–water partition coefficient (Wildman–Crippen LogP) is 2.91. The molecule has 1 aromatic carbocycles. The second-order valence-corrected chi connectivity index (χ2v) is 8.89. The molecule has 1 aromatic heterocycles. The first-order valence-electron chi connectivity index (χ1n) is 9.89. The van der Waals surface area contributed by atoms with E-state index in [1.54, 1.807) is 19.5 Å². The summed E-state index contributed by atoms with van der Waals surface area (Å²) in [6, 6.07) is 5.42. The van der Waals surface area contributed by atoms with Gasteiger partial charge in [0.15, 0.2) is 0 Å². The largest absolute Gasteiger partial charge is 0.496 e. The number of aromatic nitrogens is 2. The lowest BCUT2D eigenvalue weighted by atomic mass is 9.86. The van der Waals surface area contributed by atoms with Gasteiger partial charge >= 0.3 is 0 Å². The fourth-order valence-corrected chi connectivity index (χ4v) is 5.49. The van der Waals surface area contributed by atoms with E-state index in [0.717, 1.165) is 62.7 Å². The molecule has 0 aliphatic carbocycles. The summed E-state index contributed by atoms with van der Waals surface area (Å²) >= 11 is 1.44. The molecule has 0 unspecified atom stereocenters. The third-order valence-corrected chi connectivity index (χ3v) is 7.18. The zero-order valence-corrected chi connectivity index (χ0v) is 16.8. The number of hydrogen-bond acceptors (Lipinski definition) is 7. The van der Waals surface area contributed by atoms with Gasteiger partial charge in [-0.1, -0.05) is 6.07 Å². The van der Waals surface area contributed by atoms with Gasteiger partial charge in [-0.05, 0) is 49.9 Å². The molecule has 1 atom stereocenters. The van der Waals surface area contributed by atoms with Crippen molar-refractivity contribution in [3.63, 3.8) is 0 Å². The average molecular weight is 405 g/mol. The van der Waals surface area contributed by atoms with Crippen LogP contribution >= 0.6 is 11.5 Å². The molecule has 5 rings (SSSR count). The number of anilines is 1. The molecule has 8 heteroatoms. The van der Waals surface area contributed by atoms with Crippen molar-refractivity contribution in [2.45, 2.75) is 36.8 Å². The highest BCUT2D eigenvalue weighted by atomic mass is 32.1. The summed E-state index contributed by atoms with van der Waals surface area (Å²) in [7, 11) is 1.62. The quantitative estimate of drug-likeness (QED) is 0.781. The molecule has 4 heterocycles. The predicted molar refractivity (Wildman–Crippen MR) is 106 cm³/mol. The molecule has 3 aliphatic heterocycles. The highest BCUT2D eigenvalue weighted by molar-refractivity contribution is 7.09. The summed E-state index contributed by atoms with van der Waals surface area (Å²) in [6.45, 7) is 4.75. The molecular formula is C20H25FN4O2S. The zero-order chi connectivity index (χ0) is 19.1. The highest BCUT2D eigenvalue weighted by Crippen LogP contribution is 2.41. The molecule has 0 radical (unpaired) electrons. The monoisotopic (exact) mass is 404 g/mol. The van der Waals surface area contributed by atoms with E-state index in [4.69, 9.17) is 9.47 Å². The minimum absolute atomic E-state index is 0.00658. The number of likely N-dealkylation sites (tertiary alicyclic amines) is 1. The highest BCUT2D eigenvalue weighted by Gasteiger charge is 2.51. The summed E-state index contributed by atoms with van der Waals surface area (Å²) in [5.74, 6) is 0.863. The lowest BCUT2D eigenvalue weighted by Gasteiger charge is -2.47. The third kappa shape index (κ3) is 3.27. The van der Waals surface area contributed by atoms with Crippen LogP contribution in [0.15, 0.2) is 24.5 Å². The first kappa shape index (κ1) is 18.3. The summed E-state index contributed by atoms with van der Waals surface area (Å²) in [4.78, 5) is 9.13. The van der Waals surface area contributed by atoms with Crippen molar-refractivity contribution in [3.05, 3.63) is 35.9 Å². The van der Waals surface area contributed by atoms with Crippen molar-refractivity contribution in [3.8, 4) is 5.75 Å². The molecule has 0 saturated carbocycles. The van der Waals surface area contributed by atoms with E-state index in [2.05, 4.69) is 19.2 Å². The van der Waals surface area contributed by atoms with Gasteiger partial charge in [0, 0.05) is 23.6 Å². The van der Waals surface area contributed by atoms with Gasteiger partial charge in [-0.3, -0.25) is 4.90 Å². The van der Waals surface area contributed by atoms with Crippen LogP contribution in [0.2, 0.25) is 0 Å². The van der Waals surface area contributed by atoms with Crippen LogP contribution in [-0.2, 0) is 4.74 Å². The number of halogens is 1. The Bertz CT molecular complexity index is 820. The molecule has 150 valence electrons. The standard InChI is InChI=1S/C20H25FN4O2S/c1-26-18-8-15(21)2-3-17(18)14-4-6-24(7-5-14)16-9-20(27-10-16)11-25(12-20)19-22-13-23-28-19/h2-3,8,13-14,16H,4-7,9-12H2,1H3/t16-/m0/s1. The van der Waals surface area contributed by atoms with Crippen LogP contribution in [0.3, 0.4) is 0 Å². The Kier molecular flexibility index (Phi) is 4.72. The molecule has 0 amide bonds. The van der Waals surface area contributed by atoms with Crippen molar-refractivity contribution in [2.24, 2.45) is 0 Å². The van der Waals surface area contributed by atoms with Gasteiger partial charge < -0.3 is 14.4 Å². The van der Waals surface area contributed by atoms with Gasteiger partial charge in [-0.2, -0.15) is 4.37 Å². The molecule has 3 aliphatic rings. The number of ether oxygens (including phenoxy) is 2. The van der Waals surface area contributed by atoms with Crippen molar-refractivity contribution in [1.82, 2.24) is 14.3 Å². The number of benzene rings is 1. The van der Waals surface area contributed by atoms with Crippen LogP contribution in [0.25, 0.3) is 0 Å². The van der Waals surface area contributed by atoms with Crippen LogP contribution < -0.4 is 9.64 Å². The summed E-state index contributed by atoms with van der Waals surface area (Å²) < 4.78 is 29.2. The van der Waals surface area contributed by atoms with Crippen molar-refractivity contribution in [2.75, 3.05) is 44.8 Å². The maximum Gasteiger partial charge on any atom is 0.205 e. The minimum atomic E-state index is -0.241. The zero-order valence-electron chi connectivity index (χ0n) is 16.0. The van der Waals surface area contributed by atoms with Crippen LogP contribution in [-0.4, -0.2) is 65.8 Å². The Hall–Kier alpha value is -1.77. The van der Waals surface area contributed by atoms with Gasteiger partial charge in [-0.15, -0.1) is 0 Å². The molecule has 6 nitrogen and oxygen atoms in total. The first-order valence-corrected chi connectivity index (χ1v) is 10.7. The molecule has 1 spiro atoms. The Morgan fingerprint density at radius 1 is 1.29 bits per heavy atom. The van der Waals surface area contributed by atoms with E-state index in [9.17, 15) is 4.39 Å². The third-order valence-electron chi connectivity index (χ3n) is 6.45. The van der Waals surface area contributed by atoms with Crippen molar-refractivity contribution < 1.29 is 13.9 Å². The van der Waals surface area contributed by atoms with E-state index < -0.39 is 0 Å². The number of nitrogens with zero attached hydrogens (tertiary/aromatic N) is 4. The molecule has 3 fully saturated rings. The van der Waals surface area contributed by atoms with Crippen LogP contribution in [0.4, 0.5) is 9.52 Å². The van der Waals surface area contributed by atoms with Gasteiger partial charge in [0.25, 0.3) is 0 Å². The minimum Gasteiger partial charge on any atom is -0.496 e. The molecular weight excluding hydrogens is 379 g/mol. The fourth-order valence-electron chi connectivity index (χ4n) is 4.96. The van der Waals surface area contributed by atoms with Crippen LogP contribution in [0.1, 0.15) is 30.7 Å². The van der Waals surface area contributed by atoms with Gasteiger partial charge in [0.1, 0.15) is 23.5 Å². The maximum absolute atomic E-state index is 13.5. The fraction of sp³-hybridized carbons (Fsp3) is 0.600. The molecule has 3 saturated heterocycles. The molecule has 0 bridgehead atoms. The van der Waals surface area contributed by atoms with Crippen molar-refractivity contribution in [1.29, 1.82) is 0 Å². The van der Waals surface area contributed by atoms with Crippen molar-refractivity contribution >= 4 is 16.7 Å². The maximum atomic E-state index is 13.5. The average Bonchev–Trinajstić information content (AvgIpc) is 3.37. The smallest absolute Gasteiger partial charge is 0.205 e. The van der Waals surface area contributed by atoms with Gasteiger partial charge in [-0.25, -0.2) is 9.37 Å². The Labute approximate surface area is 168 Å². The van der Waals surface area contributed by atoms with E-state index in [1.807, 2.05) is 6.07 Å². The molecule has 2 aromatic rings. The number of rotatable bonds is 4. The molecule has 0 N–H and O–H groups in total. The second-order valence-electron chi connectivity index (χ2n) is 8.13. The lowest BCUT2D eigenvalue weighted by Crippen LogP contribution is -2.62. The summed E-state index contributed by atoms with van der Waals surface area (Å²) in [6.07, 6.45) is 4.85. The number of methoxy groups -OCH3 is 1. The first-order chi connectivity index (χ1) is 13.7. The molecule has 28 heavy (non-hydrogen) atoms. The topological polar surface area (TPSA) is 50.7 Å². The van der Waals surface area contributed by atoms with E-state index in [-0.39, 0.29) is 11.4 Å². The Balaban J connectivity index is 1.16. The normalized spacial score (nSPS) is 25.2. The van der Waals surface area contributed by atoms with Crippen LogP contribution in [0, 0.1) is 5.82 Å². The number of hydrogen-bond donors (Lipinski definition) is 0. The Morgan fingerprint density at radius 2 is 2.11 bits per heavy atom. The van der Waals surface area contributed by atoms with E-state index in [0.29, 0.717) is 17.7 Å². The van der Waals surface area contributed by atoms with E-state index in [1.165, 1.54) is 17.6 Å². The lowest BCUT2D eigenvalue weighted by molar-refractivity contribution is -0.0194. The van der Waals surface area contributed by atoms with E-state index >= 15 is 0 Å².